The van der Waals surface area contributed by atoms with E-state index in [1.54, 1.807) is 0 Å². The number of carbonyl (C=O) groups is 1. The minimum Gasteiger partial charge on any atom is -0.390 e. The fourth-order valence-corrected chi connectivity index (χ4v) is 3.67. The van der Waals surface area contributed by atoms with Crippen molar-refractivity contribution in [1.29, 1.82) is 0 Å². The Balaban J connectivity index is 1.45. The van der Waals surface area contributed by atoms with E-state index in [0.29, 0.717) is 6.04 Å². The summed E-state index contributed by atoms with van der Waals surface area (Å²) in [6.45, 7) is 5.05. The first kappa shape index (κ1) is 19.9. The van der Waals surface area contributed by atoms with E-state index in [1.807, 2.05) is 13.1 Å². The van der Waals surface area contributed by atoms with Crippen molar-refractivity contribution in [2.45, 2.75) is 51.1 Å². The molecule has 1 fully saturated rings. The van der Waals surface area contributed by atoms with Gasteiger partial charge in [-0.2, -0.15) is 0 Å². The summed E-state index contributed by atoms with van der Waals surface area (Å²) in [5.41, 5.74) is 3.53. The summed E-state index contributed by atoms with van der Waals surface area (Å²) >= 11 is 0. The van der Waals surface area contributed by atoms with E-state index < -0.39 is 0 Å². The second-order valence-corrected chi connectivity index (χ2v) is 7.40. The molecule has 0 bridgehead atoms. The van der Waals surface area contributed by atoms with E-state index in [4.69, 9.17) is 0 Å². The minimum atomic E-state index is -0.263. The third-order valence-electron chi connectivity index (χ3n) is 5.05. The molecular formula is C19H33N7O. The van der Waals surface area contributed by atoms with Gasteiger partial charge in [-0.3, -0.25) is 10.6 Å². The molecule has 0 aromatic carbocycles. The molecule has 3 atom stereocenters. The number of amides is 2. The molecule has 3 rings (SSSR count). The van der Waals surface area contributed by atoms with Crippen LogP contribution in [0.5, 0.6) is 0 Å². The first-order valence-corrected chi connectivity index (χ1v) is 9.94. The van der Waals surface area contributed by atoms with Gasteiger partial charge in [0.1, 0.15) is 6.29 Å². The topological polar surface area (TPSA) is 101 Å². The number of urea groups is 1. The molecule has 0 aromatic heterocycles. The Labute approximate surface area is 161 Å². The normalized spacial score (nSPS) is 27.5. The molecule has 3 aliphatic rings. The summed E-state index contributed by atoms with van der Waals surface area (Å²) in [7, 11) is 1.96. The van der Waals surface area contributed by atoms with Gasteiger partial charge in [-0.05, 0) is 63.5 Å². The predicted molar refractivity (Wildman–Crippen MR) is 108 cm³/mol. The van der Waals surface area contributed by atoms with E-state index in [2.05, 4.69) is 56.4 Å². The third kappa shape index (κ3) is 6.07. The first-order chi connectivity index (χ1) is 13.1. The second kappa shape index (κ2) is 9.89. The molecule has 2 aliphatic heterocycles. The minimum absolute atomic E-state index is 0.182. The number of allylic oxidation sites excluding steroid dienone is 3. The molecule has 0 radical (unpaired) electrons. The zero-order valence-electron chi connectivity index (χ0n) is 16.3. The largest absolute Gasteiger partial charge is 0.390 e. The van der Waals surface area contributed by atoms with Crippen LogP contribution in [0.2, 0.25) is 0 Å². The highest BCUT2D eigenvalue weighted by atomic mass is 16.2. The van der Waals surface area contributed by atoms with Gasteiger partial charge >= 0.3 is 6.03 Å². The van der Waals surface area contributed by atoms with Gasteiger partial charge in [0, 0.05) is 30.9 Å². The second-order valence-electron chi connectivity index (χ2n) is 7.40. The lowest BCUT2D eigenvalue weighted by Gasteiger charge is -2.37. The van der Waals surface area contributed by atoms with Crippen LogP contribution in [0.15, 0.2) is 35.2 Å². The molecule has 8 nitrogen and oxygen atoms in total. The quantitative estimate of drug-likeness (QED) is 0.320. The fourth-order valence-electron chi connectivity index (χ4n) is 3.67. The monoisotopic (exact) mass is 375 g/mol. The lowest BCUT2D eigenvalue weighted by molar-refractivity contribution is 0.189. The molecule has 27 heavy (non-hydrogen) atoms. The maximum absolute atomic E-state index is 12.4. The average molecular weight is 376 g/mol. The summed E-state index contributed by atoms with van der Waals surface area (Å²) in [6, 6.07) is 0.117. The van der Waals surface area contributed by atoms with Crippen LogP contribution in [-0.2, 0) is 0 Å². The van der Waals surface area contributed by atoms with Crippen LogP contribution in [0.1, 0.15) is 32.6 Å². The van der Waals surface area contributed by atoms with Crippen molar-refractivity contribution in [3.05, 3.63) is 35.2 Å². The van der Waals surface area contributed by atoms with Crippen molar-refractivity contribution in [2.24, 2.45) is 0 Å². The molecule has 8 heteroatoms. The van der Waals surface area contributed by atoms with E-state index in [-0.39, 0.29) is 18.5 Å². The molecule has 7 N–H and O–H groups in total. The van der Waals surface area contributed by atoms with Crippen molar-refractivity contribution in [3.63, 3.8) is 0 Å². The van der Waals surface area contributed by atoms with Gasteiger partial charge in [0.05, 0.1) is 6.17 Å². The van der Waals surface area contributed by atoms with Crippen LogP contribution in [0.25, 0.3) is 0 Å². The molecule has 3 unspecified atom stereocenters. The zero-order valence-corrected chi connectivity index (χ0v) is 16.3. The van der Waals surface area contributed by atoms with Gasteiger partial charge in [0.15, 0.2) is 0 Å². The van der Waals surface area contributed by atoms with Crippen molar-refractivity contribution in [2.75, 3.05) is 26.7 Å². The molecule has 0 aromatic rings. The molecular weight excluding hydrogens is 342 g/mol. The first-order valence-electron chi connectivity index (χ1n) is 9.94. The van der Waals surface area contributed by atoms with Crippen molar-refractivity contribution >= 4 is 6.03 Å². The summed E-state index contributed by atoms with van der Waals surface area (Å²) in [5, 5.41) is 22.7. The number of hydrogen-bond donors (Lipinski definition) is 7. The molecule has 150 valence electrons. The third-order valence-corrected chi connectivity index (χ3v) is 5.05. The Bertz CT molecular complexity index is 613. The maximum Gasteiger partial charge on any atom is 0.321 e. The van der Waals surface area contributed by atoms with Crippen LogP contribution in [0.4, 0.5) is 4.79 Å². The van der Waals surface area contributed by atoms with E-state index >= 15 is 0 Å². The van der Waals surface area contributed by atoms with Crippen molar-refractivity contribution < 1.29 is 4.79 Å². The number of nitrogens with one attached hydrogen (secondary N) is 7. The number of fused-ring (bicyclic) bond motifs is 1. The van der Waals surface area contributed by atoms with Gasteiger partial charge in [-0.25, -0.2) is 4.79 Å². The zero-order chi connectivity index (χ0) is 19.1. The van der Waals surface area contributed by atoms with Gasteiger partial charge in [-0.15, -0.1) is 0 Å². The van der Waals surface area contributed by atoms with Crippen LogP contribution in [0, 0.1) is 0 Å². The molecule has 1 aliphatic carbocycles. The van der Waals surface area contributed by atoms with Crippen LogP contribution < -0.4 is 37.2 Å². The Morgan fingerprint density at radius 3 is 2.96 bits per heavy atom. The SMILES string of the molecule is CNCCCNC1CC(C)NC(NC(=O)NC2=CC=C3CCNC=C3C2)N1. The van der Waals surface area contributed by atoms with Crippen molar-refractivity contribution in [3.8, 4) is 0 Å². The van der Waals surface area contributed by atoms with Crippen LogP contribution in [-0.4, -0.2) is 51.2 Å². The molecule has 2 amide bonds. The van der Waals surface area contributed by atoms with Gasteiger partial charge in [-0.1, -0.05) is 6.08 Å². The van der Waals surface area contributed by atoms with Crippen LogP contribution >= 0.6 is 0 Å². The Morgan fingerprint density at radius 1 is 1.22 bits per heavy atom. The molecule has 2 heterocycles. The van der Waals surface area contributed by atoms with E-state index in [0.717, 1.165) is 51.0 Å². The standard InChI is InChI=1S/C19H33N7O/c1-13-10-17(22-8-3-7-20-2)25-18(23-13)26-19(27)24-16-5-4-14-6-9-21-12-15(14)11-16/h4-5,12-13,17-18,20-23,25H,3,6-11H2,1-2H3,(H2,24,26,27). The number of hydrogen-bond acceptors (Lipinski definition) is 6. The molecule has 0 spiro atoms. The summed E-state index contributed by atoms with van der Waals surface area (Å²) in [4.78, 5) is 12.4. The van der Waals surface area contributed by atoms with Crippen molar-refractivity contribution in [1.82, 2.24) is 37.2 Å². The number of carbonyl (C=O) groups excluding carboxylic acids is 1. The molecule has 1 saturated heterocycles. The predicted octanol–water partition coefficient (Wildman–Crippen LogP) is 0.157. The van der Waals surface area contributed by atoms with Gasteiger partial charge in [0.25, 0.3) is 0 Å². The van der Waals surface area contributed by atoms with Crippen LogP contribution in [0.3, 0.4) is 0 Å². The van der Waals surface area contributed by atoms with Gasteiger partial charge in [0.2, 0.25) is 0 Å². The highest BCUT2D eigenvalue weighted by Gasteiger charge is 2.26. The summed E-state index contributed by atoms with van der Waals surface area (Å²) in [6.07, 6.45) is 9.93. The average Bonchev–Trinajstić information content (AvgIpc) is 2.64. The molecule has 0 saturated carbocycles. The fraction of sp³-hybridized carbons (Fsp3) is 0.632. The summed E-state index contributed by atoms with van der Waals surface area (Å²) in [5.74, 6) is 0. The highest BCUT2D eigenvalue weighted by molar-refractivity contribution is 5.76. The Kier molecular flexibility index (Phi) is 7.28. The summed E-state index contributed by atoms with van der Waals surface area (Å²) < 4.78 is 0. The van der Waals surface area contributed by atoms with Gasteiger partial charge < -0.3 is 26.6 Å². The highest BCUT2D eigenvalue weighted by Crippen LogP contribution is 2.26. The lowest BCUT2D eigenvalue weighted by atomic mass is 9.92. The maximum atomic E-state index is 12.4. The van der Waals surface area contributed by atoms with E-state index in [9.17, 15) is 4.79 Å². The number of rotatable bonds is 7. The van der Waals surface area contributed by atoms with E-state index in [1.165, 1.54) is 11.1 Å². The Hall–Kier alpha value is -1.87. The lowest BCUT2D eigenvalue weighted by Crippen LogP contribution is -2.68. The smallest absolute Gasteiger partial charge is 0.321 e. The Morgan fingerprint density at radius 2 is 2.11 bits per heavy atom.